The standard InChI is InChI=1S/C17H32BrFSi/c18-17-7-5-15(6-8-17)3-4-16-9-13-20(14-10-16)12-2-1-11-19/h15-17,20H,1-14H2/t15?,16-,17?,20-. The Morgan fingerprint density at radius 1 is 0.850 bits per heavy atom. The van der Waals surface area contributed by atoms with Crippen molar-refractivity contribution in [3.63, 3.8) is 0 Å². The second kappa shape index (κ2) is 9.60. The Bertz CT molecular complexity index is 245. The maximum absolute atomic E-state index is 12.1. The second-order valence-electron chi connectivity index (χ2n) is 7.27. The lowest BCUT2D eigenvalue weighted by Gasteiger charge is -2.30. The van der Waals surface area contributed by atoms with E-state index in [-0.39, 0.29) is 6.67 Å². The van der Waals surface area contributed by atoms with Crippen molar-refractivity contribution in [2.75, 3.05) is 6.67 Å². The van der Waals surface area contributed by atoms with Gasteiger partial charge in [0.15, 0.2) is 0 Å². The molecule has 0 amide bonds. The van der Waals surface area contributed by atoms with Crippen molar-refractivity contribution in [1.29, 1.82) is 0 Å². The van der Waals surface area contributed by atoms with E-state index >= 15 is 0 Å². The number of alkyl halides is 2. The van der Waals surface area contributed by atoms with Crippen molar-refractivity contribution in [2.24, 2.45) is 11.8 Å². The van der Waals surface area contributed by atoms with Crippen LogP contribution < -0.4 is 0 Å². The van der Waals surface area contributed by atoms with E-state index in [2.05, 4.69) is 15.9 Å². The SMILES string of the molecule is FCCCC[Si@H]1CC[C@H](CCC2CCC(Br)CC2)CC1. The van der Waals surface area contributed by atoms with E-state index in [1.807, 2.05) is 0 Å². The van der Waals surface area contributed by atoms with Gasteiger partial charge in [-0.2, -0.15) is 0 Å². The third kappa shape index (κ3) is 6.17. The number of hydrogen-bond donors (Lipinski definition) is 0. The van der Waals surface area contributed by atoms with E-state index in [1.165, 1.54) is 63.8 Å². The summed E-state index contributed by atoms with van der Waals surface area (Å²) < 4.78 is 12.1. The molecule has 0 bridgehead atoms. The molecule has 0 aromatic rings. The molecule has 0 radical (unpaired) electrons. The molecule has 1 saturated heterocycles. The predicted molar refractivity (Wildman–Crippen MR) is 93.4 cm³/mol. The molecule has 1 saturated carbocycles. The van der Waals surface area contributed by atoms with E-state index in [1.54, 1.807) is 12.1 Å². The van der Waals surface area contributed by atoms with Crippen LogP contribution in [0.1, 0.15) is 64.2 Å². The molecule has 20 heavy (non-hydrogen) atoms. The third-order valence-corrected chi connectivity index (χ3v) is 10.2. The normalized spacial score (nSPS) is 35.1. The lowest BCUT2D eigenvalue weighted by molar-refractivity contribution is 0.304. The van der Waals surface area contributed by atoms with Gasteiger partial charge in [-0.3, -0.25) is 4.39 Å². The first-order valence-corrected chi connectivity index (χ1v) is 12.3. The summed E-state index contributed by atoms with van der Waals surface area (Å²) in [4.78, 5) is 0.810. The van der Waals surface area contributed by atoms with Gasteiger partial charge in [-0.1, -0.05) is 66.2 Å². The molecule has 0 aromatic heterocycles. The van der Waals surface area contributed by atoms with Crippen LogP contribution in [0.15, 0.2) is 0 Å². The molecule has 2 rings (SSSR count). The van der Waals surface area contributed by atoms with E-state index in [4.69, 9.17) is 0 Å². The monoisotopic (exact) mass is 362 g/mol. The molecule has 118 valence electrons. The van der Waals surface area contributed by atoms with Gasteiger partial charge < -0.3 is 0 Å². The Morgan fingerprint density at radius 2 is 1.45 bits per heavy atom. The Labute approximate surface area is 135 Å². The summed E-state index contributed by atoms with van der Waals surface area (Å²) in [5, 5.41) is 0. The topological polar surface area (TPSA) is 0 Å². The average Bonchev–Trinajstić information content (AvgIpc) is 2.48. The quantitative estimate of drug-likeness (QED) is 0.291. The van der Waals surface area contributed by atoms with Crippen LogP contribution in [0.2, 0.25) is 18.1 Å². The first kappa shape index (κ1) is 17.0. The maximum Gasteiger partial charge on any atom is 0.0894 e. The van der Waals surface area contributed by atoms with Gasteiger partial charge in [-0.15, -0.1) is 0 Å². The highest BCUT2D eigenvalue weighted by Crippen LogP contribution is 2.36. The highest BCUT2D eigenvalue weighted by Gasteiger charge is 2.24. The summed E-state index contributed by atoms with van der Waals surface area (Å²) in [6, 6.07) is 4.54. The molecule has 0 nitrogen and oxygen atoms in total. The van der Waals surface area contributed by atoms with E-state index in [0.29, 0.717) is 0 Å². The number of hydrogen-bond acceptors (Lipinski definition) is 0. The Hall–Kier alpha value is 0.627. The summed E-state index contributed by atoms with van der Waals surface area (Å²) in [6.07, 6.45) is 13.8. The molecule has 2 aliphatic rings. The van der Waals surface area contributed by atoms with Crippen LogP contribution in [-0.2, 0) is 0 Å². The molecule has 3 heteroatoms. The first-order chi connectivity index (χ1) is 9.78. The molecular weight excluding hydrogens is 331 g/mol. The largest absolute Gasteiger partial charge is 0.251 e. The van der Waals surface area contributed by atoms with Crippen molar-refractivity contribution in [3.05, 3.63) is 0 Å². The average molecular weight is 363 g/mol. The number of unbranched alkanes of at least 4 members (excludes halogenated alkanes) is 1. The van der Waals surface area contributed by atoms with Gasteiger partial charge in [0.2, 0.25) is 0 Å². The first-order valence-electron chi connectivity index (χ1n) is 8.98. The molecule has 0 unspecified atom stereocenters. The summed E-state index contributed by atoms with van der Waals surface area (Å²) in [7, 11) is -0.437. The predicted octanol–water partition coefficient (Wildman–Crippen LogP) is 6.11. The number of rotatable bonds is 7. The van der Waals surface area contributed by atoms with Crippen molar-refractivity contribution >= 4 is 24.7 Å². The molecule has 2 fully saturated rings. The molecule has 1 heterocycles. The van der Waals surface area contributed by atoms with E-state index in [9.17, 15) is 4.39 Å². The van der Waals surface area contributed by atoms with Gasteiger partial charge in [0, 0.05) is 13.6 Å². The van der Waals surface area contributed by atoms with Crippen LogP contribution in [0, 0.1) is 11.8 Å². The fourth-order valence-corrected chi connectivity index (χ4v) is 8.36. The van der Waals surface area contributed by atoms with Crippen LogP contribution in [-0.4, -0.2) is 20.3 Å². The highest BCUT2D eigenvalue weighted by molar-refractivity contribution is 9.09. The third-order valence-electron chi connectivity index (χ3n) is 5.72. The fourth-order valence-electron chi connectivity index (χ4n) is 4.22. The summed E-state index contributed by atoms with van der Waals surface area (Å²) in [5.74, 6) is 2.07. The second-order valence-corrected chi connectivity index (χ2v) is 12.0. The zero-order chi connectivity index (χ0) is 14.2. The molecule has 1 aliphatic carbocycles. The van der Waals surface area contributed by atoms with Gasteiger partial charge in [-0.05, 0) is 43.9 Å². The summed E-state index contributed by atoms with van der Waals surface area (Å²) in [5.41, 5.74) is 0. The zero-order valence-electron chi connectivity index (χ0n) is 13.0. The van der Waals surface area contributed by atoms with Crippen LogP contribution >= 0.6 is 15.9 Å². The minimum Gasteiger partial charge on any atom is -0.251 e. The van der Waals surface area contributed by atoms with Crippen LogP contribution in [0.3, 0.4) is 0 Å². The Kier molecular flexibility index (Phi) is 8.16. The molecule has 0 spiro atoms. The molecule has 0 atom stereocenters. The lowest BCUT2D eigenvalue weighted by Crippen LogP contribution is -2.22. The van der Waals surface area contributed by atoms with Gasteiger partial charge in [0.25, 0.3) is 0 Å². The minimum atomic E-state index is -0.437. The smallest absolute Gasteiger partial charge is 0.0894 e. The van der Waals surface area contributed by atoms with Crippen LogP contribution in [0.25, 0.3) is 0 Å². The van der Waals surface area contributed by atoms with Crippen molar-refractivity contribution in [2.45, 2.75) is 87.2 Å². The van der Waals surface area contributed by atoms with Crippen molar-refractivity contribution in [1.82, 2.24) is 0 Å². The zero-order valence-corrected chi connectivity index (χ0v) is 15.7. The summed E-state index contributed by atoms with van der Waals surface area (Å²) >= 11 is 3.76. The highest BCUT2D eigenvalue weighted by atomic mass is 79.9. The van der Waals surface area contributed by atoms with Gasteiger partial charge in [-0.25, -0.2) is 0 Å². The van der Waals surface area contributed by atoms with Crippen LogP contribution in [0.4, 0.5) is 4.39 Å². The van der Waals surface area contributed by atoms with Gasteiger partial charge in [0.05, 0.1) is 6.67 Å². The molecule has 0 N–H and O–H groups in total. The fraction of sp³-hybridized carbons (Fsp3) is 1.00. The van der Waals surface area contributed by atoms with Gasteiger partial charge in [0.1, 0.15) is 0 Å². The van der Waals surface area contributed by atoms with E-state index in [0.717, 1.165) is 23.1 Å². The molecule has 1 aliphatic heterocycles. The Balaban J connectivity index is 1.53. The van der Waals surface area contributed by atoms with Crippen molar-refractivity contribution < 1.29 is 4.39 Å². The van der Waals surface area contributed by atoms with E-state index < -0.39 is 8.80 Å². The summed E-state index contributed by atoms with van der Waals surface area (Å²) in [6.45, 7) is -0.0968. The van der Waals surface area contributed by atoms with Gasteiger partial charge >= 0.3 is 0 Å². The number of halogens is 2. The van der Waals surface area contributed by atoms with Crippen LogP contribution in [0.5, 0.6) is 0 Å². The lowest BCUT2D eigenvalue weighted by atomic mass is 9.83. The van der Waals surface area contributed by atoms with Crippen molar-refractivity contribution in [3.8, 4) is 0 Å². The molecular formula is C17H32BrFSi. The minimum absolute atomic E-state index is 0.0968. The Morgan fingerprint density at radius 3 is 2.05 bits per heavy atom. The molecule has 0 aromatic carbocycles. The maximum atomic E-state index is 12.1.